The molecule has 24 heavy (non-hydrogen) atoms. The first-order valence-corrected chi connectivity index (χ1v) is 8.11. The largest absolute Gasteiger partial charge is 0.508 e. The van der Waals surface area contributed by atoms with Crippen LogP contribution >= 0.6 is 11.5 Å². The summed E-state index contributed by atoms with van der Waals surface area (Å²) in [6.45, 7) is 3.75. The second-order valence-electron chi connectivity index (χ2n) is 5.63. The van der Waals surface area contributed by atoms with E-state index in [4.69, 9.17) is 11.5 Å². The number of primary amides is 1. The lowest BCUT2D eigenvalue weighted by atomic mass is 9.90. The average molecular weight is 339 g/mol. The van der Waals surface area contributed by atoms with E-state index in [0.29, 0.717) is 16.8 Å². The molecule has 0 unspecified atom stereocenters. The number of carbonyl (C=O) groups is 1. The fourth-order valence-corrected chi connectivity index (χ4v) is 3.40. The third-order valence-corrected chi connectivity index (χ3v) is 4.88. The molecule has 0 aliphatic heterocycles. The second kappa shape index (κ2) is 5.98. The summed E-state index contributed by atoms with van der Waals surface area (Å²) < 4.78 is 4.10. The highest BCUT2D eigenvalue weighted by Gasteiger charge is 2.18. The van der Waals surface area contributed by atoms with Gasteiger partial charge in [0.15, 0.2) is 0 Å². The molecule has 0 saturated carbocycles. The van der Waals surface area contributed by atoms with E-state index in [1.165, 1.54) is 11.5 Å². The molecule has 2 aromatic carbocycles. The van der Waals surface area contributed by atoms with Crippen molar-refractivity contribution < 1.29 is 9.90 Å². The van der Waals surface area contributed by atoms with Crippen LogP contribution in [-0.4, -0.2) is 15.4 Å². The van der Waals surface area contributed by atoms with Gasteiger partial charge in [-0.25, -0.2) is 4.37 Å². The molecular weight excluding hydrogens is 322 g/mol. The number of aryl methyl sites for hydroxylation is 1. The van der Waals surface area contributed by atoms with Gasteiger partial charge in [0.1, 0.15) is 5.75 Å². The number of nitrogens with zero attached hydrogens (tertiary/aromatic N) is 1. The zero-order chi connectivity index (χ0) is 17.4. The number of aromatic hydroxyl groups is 1. The molecule has 1 aromatic heterocycles. The zero-order valence-corrected chi connectivity index (χ0v) is 14.1. The summed E-state index contributed by atoms with van der Waals surface area (Å²) in [4.78, 5) is 12.8. The molecule has 3 aromatic rings. The van der Waals surface area contributed by atoms with Crippen molar-refractivity contribution in [2.45, 2.75) is 13.8 Å². The maximum Gasteiger partial charge on any atom is 0.250 e. The van der Waals surface area contributed by atoms with Crippen molar-refractivity contribution in [3.05, 3.63) is 53.2 Å². The Kier molecular flexibility index (Phi) is 3.99. The van der Waals surface area contributed by atoms with Crippen LogP contribution in [0.3, 0.4) is 0 Å². The van der Waals surface area contributed by atoms with Crippen LogP contribution in [0.4, 0.5) is 5.69 Å². The summed E-state index contributed by atoms with van der Waals surface area (Å²) in [5, 5.41) is 10.1. The van der Waals surface area contributed by atoms with E-state index in [-0.39, 0.29) is 11.3 Å². The van der Waals surface area contributed by atoms with Crippen molar-refractivity contribution in [2.75, 3.05) is 5.73 Å². The summed E-state index contributed by atoms with van der Waals surface area (Å²) in [5.41, 5.74) is 16.3. The molecule has 0 atom stereocenters. The molecule has 5 N–H and O–H groups in total. The Balaban J connectivity index is 2.36. The number of aromatic nitrogens is 1. The summed E-state index contributed by atoms with van der Waals surface area (Å²) in [6, 6.07) is 8.92. The first kappa shape index (κ1) is 16.0. The third-order valence-electron chi connectivity index (χ3n) is 4.08. The summed E-state index contributed by atoms with van der Waals surface area (Å²) in [5.74, 6) is -0.408. The number of amides is 1. The van der Waals surface area contributed by atoms with Gasteiger partial charge in [-0.15, -0.1) is 0 Å². The number of phenolic OH excluding ortho intramolecular Hbond substituents is 1. The number of benzene rings is 2. The normalized spacial score (nSPS) is 10.8. The van der Waals surface area contributed by atoms with Crippen molar-refractivity contribution in [2.24, 2.45) is 5.73 Å². The Labute approximate surface area is 143 Å². The lowest BCUT2D eigenvalue weighted by molar-refractivity contribution is 0.100. The van der Waals surface area contributed by atoms with Gasteiger partial charge >= 0.3 is 0 Å². The van der Waals surface area contributed by atoms with Gasteiger partial charge in [0.2, 0.25) is 0 Å². The lowest BCUT2D eigenvalue weighted by Gasteiger charge is -2.17. The maximum atomic E-state index is 11.8. The number of hydrogen-bond donors (Lipinski definition) is 3. The summed E-state index contributed by atoms with van der Waals surface area (Å²) >= 11 is 1.33. The minimum Gasteiger partial charge on any atom is -0.508 e. The van der Waals surface area contributed by atoms with Crippen LogP contribution in [0.15, 0.2) is 36.5 Å². The maximum absolute atomic E-state index is 11.8. The van der Waals surface area contributed by atoms with E-state index in [2.05, 4.69) is 4.37 Å². The fraction of sp³-hybridized carbons (Fsp3) is 0.111. The molecule has 0 bridgehead atoms. The summed E-state index contributed by atoms with van der Waals surface area (Å²) in [6.07, 6.45) is 1.70. The Morgan fingerprint density at radius 1 is 1.21 bits per heavy atom. The molecule has 1 heterocycles. The van der Waals surface area contributed by atoms with Gasteiger partial charge in [0.25, 0.3) is 5.91 Å². The highest BCUT2D eigenvalue weighted by Crippen LogP contribution is 2.40. The van der Waals surface area contributed by atoms with Crippen molar-refractivity contribution >= 4 is 23.1 Å². The molecule has 0 radical (unpaired) electrons. The Bertz CT molecular complexity index is 934. The number of hydrogen-bond acceptors (Lipinski definition) is 5. The van der Waals surface area contributed by atoms with Gasteiger partial charge in [-0.3, -0.25) is 4.79 Å². The third kappa shape index (κ3) is 2.61. The smallest absolute Gasteiger partial charge is 0.250 e. The van der Waals surface area contributed by atoms with E-state index in [1.54, 1.807) is 18.3 Å². The molecule has 0 aliphatic rings. The zero-order valence-electron chi connectivity index (χ0n) is 13.3. The predicted molar refractivity (Wildman–Crippen MR) is 97.1 cm³/mol. The van der Waals surface area contributed by atoms with E-state index < -0.39 is 5.91 Å². The van der Waals surface area contributed by atoms with Gasteiger partial charge in [-0.2, -0.15) is 0 Å². The Hall–Kier alpha value is -2.86. The first-order valence-electron chi connectivity index (χ1n) is 7.34. The van der Waals surface area contributed by atoms with Crippen molar-refractivity contribution in [1.82, 2.24) is 4.37 Å². The van der Waals surface area contributed by atoms with Gasteiger partial charge < -0.3 is 16.6 Å². The predicted octanol–water partition coefficient (Wildman–Crippen LogP) is 3.48. The van der Waals surface area contributed by atoms with Crippen LogP contribution < -0.4 is 11.5 Å². The van der Waals surface area contributed by atoms with Crippen molar-refractivity contribution in [3.8, 4) is 27.3 Å². The molecule has 0 fully saturated rings. The monoisotopic (exact) mass is 339 g/mol. The molecule has 1 amide bonds. The SMILES string of the molecule is Cc1ccc(O)c(C)c1-c1cc(-c2ccns2)cc(C(N)=O)c1N. The van der Waals surface area contributed by atoms with Crippen molar-refractivity contribution in [1.29, 1.82) is 0 Å². The summed E-state index contributed by atoms with van der Waals surface area (Å²) in [7, 11) is 0. The van der Waals surface area contributed by atoms with Gasteiger partial charge in [0, 0.05) is 11.8 Å². The molecule has 3 rings (SSSR count). The van der Waals surface area contributed by atoms with Crippen LogP contribution in [0.1, 0.15) is 21.5 Å². The minimum atomic E-state index is -0.587. The number of anilines is 1. The van der Waals surface area contributed by atoms with Crippen LogP contribution in [0.5, 0.6) is 5.75 Å². The highest BCUT2D eigenvalue weighted by atomic mass is 32.1. The Morgan fingerprint density at radius 2 is 1.96 bits per heavy atom. The number of carbonyl (C=O) groups excluding carboxylic acids is 1. The van der Waals surface area contributed by atoms with Crippen LogP contribution in [0, 0.1) is 13.8 Å². The standard InChI is InChI=1S/C18H17N3O2S/c1-9-3-4-14(22)10(2)16(9)12-7-11(15-5-6-21-24-15)8-13(17(12)19)18(20)23/h3-8,22H,19H2,1-2H3,(H2,20,23). The second-order valence-corrected chi connectivity index (χ2v) is 6.46. The molecule has 122 valence electrons. The first-order chi connectivity index (χ1) is 11.4. The highest BCUT2D eigenvalue weighted by molar-refractivity contribution is 7.09. The van der Waals surface area contributed by atoms with Crippen LogP contribution in [-0.2, 0) is 0 Å². The fourth-order valence-electron chi connectivity index (χ4n) is 2.82. The lowest BCUT2D eigenvalue weighted by Crippen LogP contribution is -2.14. The number of phenols is 1. The van der Waals surface area contributed by atoms with Crippen LogP contribution in [0.25, 0.3) is 21.6 Å². The van der Waals surface area contributed by atoms with Crippen LogP contribution in [0.2, 0.25) is 0 Å². The topological polar surface area (TPSA) is 102 Å². The Morgan fingerprint density at radius 3 is 2.58 bits per heavy atom. The van der Waals surface area contributed by atoms with Crippen molar-refractivity contribution in [3.63, 3.8) is 0 Å². The van der Waals surface area contributed by atoms with E-state index in [9.17, 15) is 9.90 Å². The molecule has 0 spiro atoms. The van der Waals surface area contributed by atoms with E-state index in [0.717, 1.165) is 21.6 Å². The molecular formula is C18H17N3O2S. The average Bonchev–Trinajstić information content (AvgIpc) is 3.07. The number of nitrogen functional groups attached to an aromatic ring is 1. The van der Waals surface area contributed by atoms with Gasteiger partial charge in [0.05, 0.1) is 16.1 Å². The number of nitrogens with two attached hydrogens (primary N) is 2. The molecule has 5 nitrogen and oxygen atoms in total. The molecule has 0 saturated heterocycles. The van der Waals surface area contributed by atoms with E-state index in [1.807, 2.05) is 32.0 Å². The quantitative estimate of drug-likeness (QED) is 0.636. The van der Waals surface area contributed by atoms with Gasteiger partial charge in [-0.05, 0) is 71.9 Å². The van der Waals surface area contributed by atoms with Gasteiger partial charge in [-0.1, -0.05) is 6.07 Å². The molecule has 0 aliphatic carbocycles. The number of rotatable bonds is 3. The van der Waals surface area contributed by atoms with E-state index >= 15 is 0 Å². The molecule has 6 heteroatoms. The minimum absolute atomic E-state index is 0.179.